The fourth-order valence-corrected chi connectivity index (χ4v) is 3.58. The lowest BCUT2D eigenvalue weighted by atomic mass is 10.1. The molecule has 162 valence electrons. The number of benzene rings is 2. The highest BCUT2D eigenvalue weighted by atomic mass is 16.5. The zero-order chi connectivity index (χ0) is 21.8. The van der Waals surface area contributed by atoms with Crippen LogP contribution in [-0.2, 0) is 6.54 Å². The Morgan fingerprint density at radius 3 is 2.45 bits per heavy atom. The Bertz CT molecular complexity index is 1040. The smallest absolute Gasteiger partial charge is 0.257 e. The van der Waals surface area contributed by atoms with Crippen molar-refractivity contribution >= 4 is 5.91 Å². The molecule has 0 N–H and O–H groups in total. The van der Waals surface area contributed by atoms with Gasteiger partial charge in [0, 0.05) is 37.8 Å². The number of aryl methyl sites for hydroxylation is 1. The Balaban J connectivity index is 1.35. The van der Waals surface area contributed by atoms with Gasteiger partial charge in [0.1, 0.15) is 11.5 Å². The van der Waals surface area contributed by atoms with Gasteiger partial charge < -0.3 is 18.9 Å². The second-order valence-corrected chi connectivity index (χ2v) is 7.51. The summed E-state index contributed by atoms with van der Waals surface area (Å²) in [5, 5.41) is 4.10. The van der Waals surface area contributed by atoms with Gasteiger partial charge in [0.05, 0.1) is 26.3 Å². The van der Waals surface area contributed by atoms with Gasteiger partial charge in [-0.1, -0.05) is 35.0 Å². The molecule has 2 heterocycles. The van der Waals surface area contributed by atoms with Crippen molar-refractivity contribution in [1.29, 1.82) is 0 Å². The van der Waals surface area contributed by atoms with E-state index in [4.69, 9.17) is 14.0 Å². The number of ether oxygens (including phenoxy) is 2. The highest BCUT2D eigenvalue weighted by Crippen LogP contribution is 2.26. The monoisotopic (exact) mass is 422 g/mol. The highest BCUT2D eigenvalue weighted by molar-refractivity contribution is 5.97. The number of hydrogen-bond donors (Lipinski definition) is 0. The first-order chi connectivity index (χ1) is 15.1. The third-order valence-electron chi connectivity index (χ3n) is 5.44. The molecule has 0 bridgehead atoms. The molecule has 1 aliphatic rings. The minimum Gasteiger partial charge on any atom is -0.497 e. The summed E-state index contributed by atoms with van der Waals surface area (Å²) in [6.07, 6.45) is 0. The van der Waals surface area contributed by atoms with Crippen molar-refractivity contribution in [3.63, 3.8) is 0 Å². The highest BCUT2D eigenvalue weighted by Gasteiger charge is 2.25. The molecule has 1 fully saturated rings. The molecule has 0 aliphatic carbocycles. The summed E-state index contributed by atoms with van der Waals surface area (Å²) in [5.74, 6) is 2.30. The Morgan fingerprint density at radius 1 is 1.03 bits per heavy atom. The van der Waals surface area contributed by atoms with E-state index >= 15 is 0 Å². The van der Waals surface area contributed by atoms with E-state index in [0.29, 0.717) is 48.4 Å². The lowest BCUT2D eigenvalue weighted by Gasteiger charge is -2.34. The van der Waals surface area contributed by atoms with Crippen molar-refractivity contribution in [2.45, 2.75) is 13.5 Å². The molecule has 1 amide bonds. The fourth-order valence-electron chi connectivity index (χ4n) is 3.58. The average Bonchev–Trinajstić information content (AvgIpc) is 3.27. The summed E-state index contributed by atoms with van der Waals surface area (Å²) in [7, 11) is 3.14. The number of aromatic nitrogens is 2. The fraction of sp³-hybridized carbons (Fsp3) is 0.348. The van der Waals surface area contributed by atoms with Crippen molar-refractivity contribution in [1.82, 2.24) is 19.9 Å². The Kier molecular flexibility index (Phi) is 6.18. The van der Waals surface area contributed by atoms with Gasteiger partial charge in [-0.3, -0.25) is 9.69 Å². The predicted molar refractivity (Wildman–Crippen MR) is 115 cm³/mol. The molecule has 0 saturated carbocycles. The van der Waals surface area contributed by atoms with Crippen molar-refractivity contribution < 1.29 is 18.8 Å². The van der Waals surface area contributed by atoms with Crippen LogP contribution in [0.4, 0.5) is 0 Å². The first-order valence-electron chi connectivity index (χ1n) is 10.2. The van der Waals surface area contributed by atoms with Crippen LogP contribution in [-0.4, -0.2) is 66.2 Å². The molecule has 8 nitrogen and oxygen atoms in total. The molecule has 1 aliphatic heterocycles. The number of nitrogens with zero attached hydrogens (tertiary/aromatic N) is 4. The molecule has 31 heavy (non-hydrogen) atoms. The molecule has 3 aromatic rings. The predicted octanol–water partition coefficient (Wildman–Crippen LogP) is 3.02. The second-order valence-electron chi connectivity index (χ2n) is 7.51. The molecule has 0 spiro atoms. The molecule has 1 aromatic heterocycles. The van der Waals surface area contributed by atoms with E-state index < -0.39 is 0 Å². The van der Waals surface area contributed by atoms with Crippen molar-refractivity contribution in [3.8, 4) is 22.9 Å². The van der Waals surface area contributed by atoms with E-state index in [-0.39, 0.29) is 5.91 Å². The number of rotatable bonds is 6. The second kappa shape index (κ2) is 9.18. The normalized spacial score (nSPS) is 14.5. The van der Waals surface area contributed by atoms with Gasteiger partial charge in [0.15, 0.2) is 0 Å². The molecule has 1 saturated heterocycles. The number of hydrogen-bond acceptors (Lipinski definition) is 7. The average molecular weight is 422 g/mol. The first kappa shape index (κ1) is 20.9. The molecule has 0 radical (unpaired) electrons. The molecular formula is C23H26N4O4. The van der Waals surface area contributed by atoms with Crippen LogP contribution in [0.3, 0.4) is 0 Å². The van der Waals surface area contributed by atoms with Crippen molar-refractivity contribution in [3.05, 3.63) is 59.5 Å². The SMILES string of the molecule is COc1ccc(C(=O)N2CCN(Cc3nc(-c4ccc(C)cc4)no3)CC2)c(OC)c1. The van der Waals surface area contributed by atoms with Crippen LogP contribution in [0, 0.1) is 6.92 Å². The van der Waals surface area contributed by atoms with Crippen LogP contribution in [0.1, 0.15) is 21.8 Å². The summed E-state index contributed by atoms with van der Waals surface area (Å²) in [4.78, 5) is 21.5. The summed E-state index contributed by atoms with van der Waals surface area (Å²) in [6.45, 7) is 5.30. The largest absolute Gasteiger partial charge is 0.497 e. The van der Waals surface area contributed by atoms with Gasteiger partial charge in [-0.25, -0.2) is 0 Å². The van der Waals surface area contributed by atoms with Gasteiger partial charge in [-0.2, -0.15) is 4.98 Å². The summed E-state index contributed by atoms with van der Waals surface area (Å²) in [6, 6.07) is 13.3. The molecule has 8 heteroatoms. The van der Waals surface area contributed by atoms with Gasteiger partial charge in [-0.15, -0.1) is 0 Å². The van der Waals surface area contributed by atoms with Crippen LogP contribution >= 0.6 is 0 Å². The Hall–Kier alpha value is -3.39. The number of methoxy groups -OCH3 is 2. The van der Waals surface area contributed by atoms with Crippen LogP contribution < -0.4 is 9.47 Å². The standard InChI is InChI=1S/C23H26N4O4/c1-16-4-6-17(7-5-16)22-24-21(31-25-22)15-26-10-12-27(13-11-26)23(28)19-9-8-18(29-2)14-20(19)30-3/h4-9,14H,10-13,15H2,1-3H3. The molecular weight excluding hydrogens is 396 g/mol. The molecule has 0 unspecified atom stereocenters. The lowest BCUT2D eigenvalue weighted by Crippen LogP contribution is -2.48. The first-order valence-corrected chi connectivity index (χ1v) is 10.2. The summed E-state index contributed by atoms with van der Waals surface area (Å²) in [5.41, 5.74) is 2.66. The summed E-state index contributed by atoms with van der Waals surface area (Å²) < 4.78 is 16.0. The van der Waals surface area contributed by atoms with Gasteiger partial charge >= 0.3 is 0 Å². The zero-order valence-electron chi connectivity index (χ0n) is 18.0. The minimum atomic E-state index is -0.0430. The third-order valence-corrected chi connectivity index (χ3v) is 5.44. The zero-order valence-corrected chi connectivity index (χ0v) is 18.0. The quantitative estimate of drug-likeness (QED) is 0.604. The number of amides is 1. The van der Waals surface area contributed by atoms with E-state index in [1.165, 1.54) is 5.56 Å². The van der Waals surface area contributed by atoms with E-state index in [0.717, 1.165) is 18.7 Å². The van der Waals surface area contributed by atoms with E-state index in [9.17, 15) is 4.79 Å². The minimum absolute atomic E-state index is 0.0430. The number of piperazine rings is 1. The van der Waals surface area contributed by atoms with Crippen LogP contribution in [0.5, 0.6) is 11.5 Å². The maximum atomic E-state index is 13.0. The lowest BCUT2D eigenvalue weighted by molar-refractivity contribution is 0.0612. The third kappa shape index (κ3) is 4.69. The molecule has 4 rings (SSSR count). The van der Waals surface area contributed by atoms with Crippen molar-refractivity contribution in [2.24, 2.45) is 0 Å². The topological polar surface area (TPSA) is 80.9 Å². The van der Waals surface area contributed by atoms with E-state index in [1.54, 1.807) is 32.4 Å². The maximum Gasteiger partial charge on any atom is 0.257 e. The van der Waals surface area contributed by atoms with Gasteiger partial charge in [0.2, 0.25) is 11.7 Å². The van der Waals surface area contributed by atoms with Crippen LogP contribution in [0.15, 0.2) is 47.0 Å². The van der Waals surface area contributed by atoms with Crippen LogP contribution in [0.2, 0.25) is 0 Å². The van der Waals surface area contributed by atoms with E-state index in [2.05, 4.69) is 15.0 Å². The van der Waals surface area contributed by atoms with Crippen LogP contribution in [0.25, 0.3) is 11.4 Å². The number of carbonyl (C=O) groups is 1. The van der Waals surface area contributed by atoms with Gasteiger partial charge in [0.25, 0.3) is 5.91 Å². The van der Waals surface area contributed by atoms with Gasteiger partial charge in [-0.05, 0) is 19.1 Å². The molecule has 0 atom stereocenters. The van der Waals surface area contributed by atoms with E-state index in [1.807, 2.05) is 36.1 Å². The Labute approximate surface area is 181 Å². The number of carbonyl (C=O) groups excluding carboxylic acids is 1. The Morgan fingerprint density at radius 2 is 1.77 bits per heavy atom. The molecule has 2 aromatic carbocycles. The maximum absolute atomic E-state index is 13.0. The summed E-state index contributed by atoms with van der Waals surface area (Å²) >= 11 is 0. The van der Waals surface area contributed by atoms with Crippen molar-refractivity contribution in [2.75, 3.05) is 40.4 Å².